The van der Waals surface area contributed by atoms with Crippen LogP contribution in [0.15, 0.2) is 35.9 Å². The molecule has 0 saturated heterocycles. The zero-order valence-electron chi connectivity index (χ0n) is 8.86. The maximum absolute atomic E-state index is 11.4. The van der Waals surface area contributed by atoms with Crippen LogP contribution in [-0.2, 0) is 9.59 Å². The molecule has 0 bridgehead atoms. The number of aldehydes is 1. The lowest BCUT2D eigenvalue weighted by Crippen LogP contribution is -2.20. The van der Waals surface area contributed by atoms with Gasteiger partial charge in [-0.05, 0) is 18.6 Å². The van der Waals surface area contributed by atoms with Gasteiger partial charge in [0.05, 0.1) is 5.57 Å². The first-order valence-corrected chi connectivity index (χ1v) is 4.72. The van der Waals surface area contributed by atoms with E-state index in [2.05, 4.69) is 17.3 Å². The van der Waals surface area contributed by atoms with Gasteiger partial charge in [0.25, 0.3) is 5.91 Å². The summed E-state index contributed by atoms with van der Waals surface area (Å²) < 4.78 is 0. The van der Waals surface area contributed by atoms with Crippen LogP contribution < -0.4 is 5.32 Å². The number of benzene rings is 1. The van der Waals surface area contributed by atoms with Gasteiger partial charge in [0.2, 0.25) is 0 Å². The average molecular weight is 213 g/mol. The molecule has 1 aromatic rings. The van der Waals surface area contributed by atoms with Gasteiger partial charge in [-0.25, -0.2) is 0 Å². The van der Waals surface area contributed by atoms with Crippen LogP contribution in [0.1, 0.15) is 12.5 Å². The fourth-order valence-electron chi connectivity index (χ4n) is 1.07. The molecule has 0 unspecified atom stereocenters. The maximum atomic E-state index is 11.4. The number of carbonyl (C=O) groups excluding carboxylic acids is 2. The number of rotatable bonds is 3. The molecule has 0 fully saturated rings. The fraction of sp³-hybridized carbons (Fsp3) is 0.0769. The number of nitrogens with one attached hydrogen (secondary N) is 1. The Morgan fingerprint density at radius 2 is 2.00 bits per heavy atom. The third-order valence-electron chi connectivity index (χ3n) is 1.81. The summed E-state index contributed by atoms with van der Waals surface area (Å²) >= 11 is 0. The Balaban J connectivity index is 2.89. The zero-order chi connectivity index (χ0) is 11.8. The van der Waals surface area contributed by atoms with Crippen LogP contribution in [0.25, 0.3) is 6.08 Å². The van der Waals surface area contributed by atoms with Crippen molar-refractivity contribution in [1.29, 1.82) is 0 Å². The second kappa shape index (κ2) is 6.20. The SMILES string of the molecule is CC#CNC(=O)C(C=O)=Cc1ccccc1. The number of amides is 1. The molecular formula is C13H11NO2. The van der Waals surface area contributed by atoms with Gasteiger partial charge in [-0.2, -0.15) is 0 Å². The van der Waals surface area contributed by atoms with Crippen molar-refractivity contribution in [2.75, 3.05) is 0 Å². The molecule has 0 aromatic heterocycles. The van der Waals surface area contributed by atoms with E-state index in [1.165, 1.54) is 6.08 Å². The van der Waals surface area contributed by atoms with Crippen molar-refractivity contribution in [2.24, 2.45) is 0 Å². The highest BCUT2D eigenvalue weighted by Crippen LogP contribution is 2.04. The van der Waals surface area contributed by atoms with Gasteiger partial charge in [0.15, 0.2) is 6.29 Å². The van der Waals surface area contributed by atoms with Crippen molar-refractivity contribution in [3.05, 3.63) is 41.5 Å². The van der Waals surface area contributed by atoms with Crippen molar-refractivity contribution in [3.63, 3.8) is 0 Å². The number of carbonyl (C=O) groups is 2. The summed E-state index contributed by atoms with van der Waals surface area (Å²) in [4.78, 5) is 22.2. The number of hydrogen-bond acceptors (Lipinski definition) is 2. The van der Waals surface area contributed by atoms with Gasteiger partial charge in [-0.1, -0.05) is 36.3 Å². The van der Waals surface area contributed by atoms with E-state index in [1.54, 1.807) is 6.92 Å². The lowest BCUT2D eigenvalue weighted by atomic mass is 10.1. The molecule has 0 atom stereocenters. The van der Waals surface area contributed by atoms with Crippen molar-refractivity contribution in [2.45, 2.75) is 6.92 Å². The van der Waals surface area contributed by atoms with Gasteiger partial charge in [0.1, 0.15) is 0 Å². The summed E-state index contributed by atoms with van der Waals surface area (Å²) in [6.45, 7) is 1.60. The third-order valence-corrected chi connectivity index (χ3v) is 1.81. The first kappa shape index (κ1) is 11.7. The molecule has 0 aliphatic heterocycles. The largest absolute Gasteiger partial charge is 0.298 e. The van der Waals surface area contributed by atoms with Crippen LogP contribution in [-0.4, -0.2) is 12.2 Å². The predicted molar refractivity (Wildman–Crippen MR) is 62.1 cm³/mol. The van der Waals surface area contributed by atoms with Gasteiger partial charge in [-0.3, -0.25) is 14.9 Å². The molecule has 3 nitrogen and oxygen atoms in total. The van der Waals surface area contributed by atoms with Gasteiger partial charge in [-0.15, -0.1) is 0 Å². The molecule has 0 saturated carbocycles. The van der Waals surface area contributed by atoms with E-state index < -0.39 is 5.91 Å². The second-order valence-corrected chi connectivity index (χ2v) is 2.96. The highest BCUT2D eigenvalue weighted by molar-refractivity contribution is 6.14. The van der Waals surface area contributed by atoms with Crippen LogP contribution in [0.5, 0.6) is 0 Å². The molecule has 16 heavy (non-hydrogen) atoms. The monoisotopic (exact) mass is 213 g/mol. The van der Waals surface area contributed by atoms with Gasteiger partial charge in [0, 0.05) is 6.04 Å². The summed E-state index contributed by atoms with van der Waals surface area (Å²) in [5.41, 5.74) is 0.846. The van der Waals surface area contributed by atoms with Crippen molar-refractivity contribution in [1.82, 2.24) is 5.32 Å². The molecule has 0 radical (unpaired) electrons. The van der Waals surface area contributed by atoms with Crippen LogP contribution >= 0.6 is 0 Å². The van der Waals surface area contributed by atoms with E-state index in [1.807, 2.05) is 30.3 Å². The van der Waals surface area contributed by atoms with Crippen molar-refractivity contribution in [3.8, 4) is 12.0 Å². The smallest absolute Gasteiger partial charge is 0.266 e. The Kier molecular flexibility index (Phi) is 4.55. The van der Waals surface area contributed by atoms with E-state index in [0.717, 1.165) is 5.56 Å². The highest BCUT2D eigenvalue weighted by atomic mass is 16.2. The molecule has 1 aromatic carbocycles. The molecule has 1 amide bonds. The van der Waals surface area contributed by atoms with Crippen molar-refractivity contribution >= 4 is 18.3 Å². The summed E-state index contributed by atoms with van der Waals surface area (Å²) in [6, 6.07) is 11.5. The molecule has 0 heterocycles. The van der Waals surface area contributed by atoms with E-state index in [-0.39, 0.29) is 5.57 Å². The Morgan fingerprint density at radius 3 is 2.56 bits per heavy atom. The minimum Gasteiger partial charge on any atom is -0.298 e. The minimum atomic E-state index is -0.492. The molecule has 1 N–H and O–H groups in total. The summed E-state index contributed by atoms with van der Waals surface area (Å²) in [6.07, 6.45) is 2.03. The standard InChI is InChI=1S/C13H11NO2/c1-2-8-14-13(16)12(10-15)9-11-6-4-3-5-7-11/h3-7,9-10H,1H3,(H,14,16). The molecule has 0 spiro atoms. The van der Waals surface area contributed by atoms with Crippen LogP contribution in [0.3, 0.4) is 0 Å². The Morgan fingerprint density at radius 1 is 1.31 bits per heavy atom. The quantitative estimate of drug-likeness (QED) is 0.206. The Bertz CT molecular complexity index is 464. The molecule has 1 rings (SSSR count). The fourth-order valence-corrected chi connectivity index (χ4v) is 1.07. The first-order valence-electron chi connectivity index (χ1n) is 4.72. The van der Waals surface area contributed by atoms with Gasteiger partial charge < -0.3 is 0 Å². The summed E-state index contributed by atoms with van der Waals surface area (Å²) in [5.74, 6) is 2.02. The summed E-state index contributed by atoms with van der Waals surface area (Å²) in [7, 11) is 0. The average Bonchev–Trinajstić information content (AvgIpc) is 2.34. The lowest BCUT2D eigenvalue weighted by molar-refractivity contribution is -0.118. The normalized spacial score (nSPS) is 9.94. The van der Waals surface area contributed by atoms with Crippen molar-refractivity contribution < 1.29 is 9.59 Å². The topological polar surface area (TPSA) is 46.2 Å². The number of hydrogen-bond donors (Lipinski definition) is 1. The highest BCUT2D eigenvalue weighted by Gasteiger charge is 2.06. The molecule has 3 heteroatoms. The van der Waals surface area contributed by atoms with E-state index in [4.69, 9.17) is 0 Å². The second-order valence-electron chi connectivity index (χ2n) is 2.96. The van der Waals surface area contributed by atoms with Gasteiger partial charge >= 0.3 is 0 Å². The van der Waals surface area contributed by atoms with Crippen LogP contribution in [0.4, 0.5) is 0 Å². The lowest BCUT2D eigenvalue weighted by Gasteiger charge is -1.97. The predicted octanol–water partition coefficient (Wildman–Crippen LogP) is 1.37. The van der Waals surface area contributed by atoms with Crippen LogP contribution in [0, 0.1) is 12.0 Å². The molecule has 0 aliphatic carbocycles. The van der Waals surface area contributed by atoms with E-state index >= 15 is 0 Å². The molecule has 0 aliphatic rings. The maximum Gasteiger partial charge on any atom is 0.266 e. The third kappa shape index (κ3) is 3.43. The van der Waals surface area contributed by atoms with E-state index in [0.29, 0.717) is 6.29 Å². The Hall–Kier alpha value is -2.34. The Labute approximate surface area is 94.2 Å². The molecule has 80 valence electrons. The van der Waals surface area contributed by atoms with E-state index in [9.17, 15) is 9.59 Å². The van der Waals surface area contributed by atoms with Crippen LogP contribution in [0.2, 0.25) is 0 Å². The zero-order valence-corrected chi connectivity index (χ0v) is 8.86. The summed E-state index contributed by atoms with van der Waals surface area (Å²) in [5, 5.41) is 2.30. The minimum absolute atomic E-state index is 0.0500. The molecular weight excluding hydrogens is 202 g/mol. The first-order chi connectivity index (χ1) is 7.77.